The summed E-state index contributed by atoms with van der Waals surface area (Å²) in [6, 6.07) is 9.47. The van der Waals surface area contributed by atoms with Crippen molar-refractivity contribution >= 4 is 28.8 Å². The smallest absolute Gasteiger partial charge is 0.224 e. The number of nitrogens with one attached hydrogen (secondary N) is 2. The topological polar surface area (TPSA) is 70.2 Å². The number of hydrogen-bond acceptors (Lipinski definition) is 5. The first-order chi connectivity index (χ1) is 11.1. The fourth-order valence-electron chi connectivity index (χ4n) is 2.01. The average Bonchev–Trinajstić information content (AvgIpc) is 2.55. The lowest BCUT2D eigenvalue weighted by Crippen LogP contribution is -2.11. The van der Waals surface area contributed by atoms with Crippen LogP contribution in [0.25, 0.3) is 0 Å². The van der Waals surface area contributed by atoms with Gasteiger partial charge in [0.15, 0.2) is 5.82 Å². The fraction of sp³-hybridized carbons (Fsp3) is 0.353. The van der Waals surface area contributed by atoms with Crippen LogP contribution in [0.2, 0.25) is 0 Å². The highest BCUT2D eigenvalue weighted by Gasteiger charge is 2.03. The Morgan fingerprint density at radius 3 is 2.52 bits per heavy atom. The van der Waals surface area contributed by atoms with Gasteiger partial charge < -0.3 is 15.5 Å². The van der Waals surface area contributed by atoms with E-state index in [4.69, 9.17) is 0 Å². The van der Waals surface area contributed by atoms with Crippen LogP contribution in [-0.2, 0) is 4.79 Å². The first-order valence-corrected chi connectivity index (χ1v) is 7.75. The van der Waals surface area contributed by atoms with Crippen molar-refractivity contribution in [1.29, 1.82) is 0 Å². The molecule has 0 saturated carbocycles. The van der Waals surface area contributed by atoms with E-state index < -0.39 is 0 Å². The van der Waals surface area contributed by atoms with Crippen molar-refractivity contribution in [3.8, 4) is 0 Å². The number of anilines is 4. The third kappa shape index (κ3) is 5.25. The van der Waals surface area contributed by atoms with Crippen LogP contribution in [0.1, 0.15) is 26.2 Å². The van der Waals surface area contributed by atoms with Gasteiger partial charge in [0.2, 0.25) is 5.91 Å². The average molecular weight is 313 g/mol. The third-order valence-corrected chi connectivity index (χ3v) is 3.35. The molecule has 0 atom stereocenters. The number of nitrogens with zero attached hydrogens (tertiary/aromatic N) is 3. The molecule has 2 aromatic rings. The van der Waals surface area contributed by atoms with Crippen molar-refractivity contribution in [2.24, 2.45) is 0 Å². The van der Waals surface area contributed by atoms with E-state index in [1.165, 1.54) is 0 Å². The second-order valence-corrected chi connectivity index (χ2v) is 5.55. The Morgan fingerprint density at radius 2 is 1.87 bits per heavy atom. The lowest BCUT2D eigenvalue weighted by molar-refractivity contribution is -0.116. The summed E-state index contributed by atoms with van der Waals surface area (Å²) in [6.07, 6.45) is 4.19. The zero-order valence-corrected chi connectivity index (χ0v) is 13.8. The van der Waals surface area contributed by atoms with Crippen LogP contribution in [0.4, 0.5) is 22.9 Å². The number of aromatic nitrogens is 2. The van der Waals surface area contributed by atoms with Crippen molar-refractivity contribution in [2.75, 3.05) is 29.6 Å². The Bertz CT molecular complexity index is 640. The van der Waals surface area contributed by atoms with E-state index in [1.54, 1.807) is 6.20 Å². The summed E-state index contributed by atoms with van der Waals surface area (Å²) in [5.74, 6) is 0.730. The van der Waals surface area contributed by atoms with Gasteiger partial charge in [-0.05, 0) is 30.7 Å². The molecule has 23 heavy (non-hydrogen) atoms. The molecule has 1 heterocycles. The van der Waals surface area contributed by atoms with Gasteiger partial charge in [0, 0.05) is 38.0 Å². The monoisotopic (exact) mass is 313 g/mol. The quantitative estimate of drug-likeness (QED) is 0.819. The highest BCUT2D eigenvalue weighted by atomic mass is 16.1. The number of benzene rings is 1. The Balaban J connectivity index is 1.97. The summed E-state index contributed by atoms with van der Waals surface area (Å²) in [5.41, 5.74) is 2.66. The number of hydrogen-bond donors (Lipinski definition) is 2. The molecule has 1 aromatic carbocycles. The second-order valence-electron chi connectivity index (χ2n) is 5.55. The summed E-state index contributed by atoms with van der Waals surface area (Å²) in [7, 11) is 3.91. The molecule has 0 aliphatic carbocycles. The van der Waals surface area contributed by atoms with E-state index in [0.717, 1.165) is 29.9 Å². The van der Waals surface area contributed by atoms with Crippen LogP contribution in [0.3, 0.4) is 0 Å². The van der Waals surface area contributed by atoms with E-state index in [1.807, 2.05) is 49.3 Å². The SMILES string of the molecule is CCCCC(=O)Nc1ccc(Nc2cc(N(C)C)cnn2)cc1. The zero-order valence-electron chi connectivity index (χ0n) is 13.8. The molecule has 0 fully saturated rings. The second kappa shape index (κ2) is 8.12. The van der Waals surface area contributed by atoms with Crippen LogP contribution < -0.4 is 15.5 Å². The molecular formula is C17H23N5O. The van der Waals surface area contributed by atoms with Crippen molar-refractivity contribution in [1.82, 2.24) is 10.2 Å². The van der Waals surface area contributed by atoms with E-state index in [-0.39, 0.29) is 5.91 Å². The van der Waals surface area contributed by atoms with E-state index in [2.05, 4.69) is 27.8 Å². The summed E-state index contributed by atoms with van der Waals surface area (Å²) >= 11 is 0. The number of carbonyl (C=O) groups is 1. The fourth-order valence-corrected chi connectivity index (χ4v) is 2.01. The van der Waals surface area contributed by atoms with Gasteiger partial charge in [-0.25, -0.2) is 0 Å². The predicted octanol–water partition coefficient (Wildman–Crippen LogP) is 3.41. The predicted molar refractivity (Wildman–Crippen MR) is 94.2 cm³/mol. The van der Waals surface area contributed by atoms with Crippen molar-refractivity contribution in [2.45, 2.75) is 26.2 Å². The molecule has 0 radical (unpaired) electrons. The minimum absolute atomic E-state index is 0.0529. The van der Waals surface area contributed by atoms with Gasteiger partial charge in [-0.15, -0.1) is 5.10 Å². The molecule has 122 valence electrons. The van der Waals surface area contributed by atoms with Crippen LogP contribution in [0.15, 0.2) is 36.5 Å². The zero-order chi connectivity index (χ0) is 16.7. The standard InChI is InChI=1S/C17H23N5O/c1-4-5-6-17(23)20-14-9-7-13(8-10-14)19-16-11-15(22(2)3)12-18-21-16/h7-12H,4-6H2,1-3H3,(H,19,21)(H,20,23). The Morgan fingerprint density at radius 1 is 1.17 bits per heavy atom. The Hall–Kier alpha value is -2.63. The van der Waals surface area contributed by atoms with Crippen LogP contribution >= 0.6 is 0 Å². The lowest BCUT2D eigenvalue weighted by Gasteiger charge is -2.13. The van der Waals surface area contributed by atoms with Crippen molar-refractivity contribution in [3.05, 3.63) is 36.5 Å². The lowest BCUT2D eigenvalue weighted by atomic mass is 10.2. The van der Waals surface area contributed by atoms with E-state index in [9.17, 15) is 4.79 Å². The van der Waals surface area contributed by atoms with Gasteiger partial charge in [-0.1, -0.05) is 13.3 Å². The molecule has 1 amide bonds. The van der Waals surface area contributed by atoms with Crippen molar-refractivity contribution < 1.29 is 4.79 Å². The van der Waals surface area contributed by atoms with Crippen molar-refractivity contribution in [3.63, 3.8) is 0 Å². The Labute approximate surface area is 136 Å². The minimum Gasteiger partial charge on any atom is -0.376 e. The van der Waals surface area contributed by atoms with Crippen LogP contribution in [0.5, 0.6) is 0 Å². The van der Waals surface area contributed by atoms with Gasteiger partial charge in [-0.3, -0.25) is 4.79 Å². The molecule has 2 rings (SSSR count). The Kier molecular flexibility index (Phi) is 5.91. The van der Waals surface area contributed by atoms with Crippen LogP contribution in [-0.4, -0.2) is 30.2 Å². The minimum atomic E-state index is 0.0529. The normalized spacial score (nSPS) is 10.2. The molecule has 1 aromatic heterocycles. The molecule has 2 N–H and O–H groups in total. The summed E-state index contributed by atoms with van der Waals surface area (Å²) < 4.78 is 0. The van der Waals surface area contributed by atoms with Gasteiger partial charge in [-0.2, -0.15) is 5.10 Å². The van der Waals surface area contributed by atoms with E-state index >= 15 is 0 Å². The maximum atomic E-state index is 11.7. The molecule has 6 heteroatoms. The number of amides is 1. The maximum Gasteiger partial charge on any atom is 0.224 e. The van der Waals surface area contributed by atoms with Gasteiger partial charge in [0.25, 0.3) is 0 Å². The largest absolute Gasteiger partial charge is 0.376 e. The highest BCUT2D eigenvalue weighted by Crippen LogP contribution is 2.20. The number of rotatable bonds is 7. The highest BCUT2D eigenvalue weighted by molar-refractivity contribution is 5.90. The molecule has 0 spiro atoms. The molecule has 6 nitrogen and oxygen atoms in total. The van der Waals surface area contributed by atoms with E-state index in [0.29, 0.717) is 12.2 Å². The van der Waals surface area contributed by atoms with Gasteiger partial charge >= 0.3 is 0 Å². The molecule has 0 aliphatic rings. The summed E-state index contributed by atoms with van der Waals surface area (Å²) in [5, 5.41) is 14.1. The molecule has 0 saturated heterocycles. The molecule has 0 aliphatic heterocycles. The van der Waals surface area contributed by atoms with Crippen LogP contribution in [0, 0.1) is 0 Å². The number of unbranched alkanes of at least 4 members (excludes halogenated alkanes) is 1. The molecule has 0 unspecified atom stereocenters. The third-order valence-electron chi connectivity index (χ3n) is 3.35. The molecular weight excluding hydrogens is 290 g/mol. The summed E-state index contributed by atoms with van der Waals surface area (Å²) in [4.78, 5) is 13.7. The molecule has 0 bridgehead atoms. The van der Waals surface area contributed by atoms with Gasteiger partial charge in [0.05, 0.1) is 11.9 Å². The number of carbonyl (C=O) groups excluding carboxylic acids is 1. The first kappa shape index (κ1) is 16.7. The first-order valence-electron chi connectivity index (χ1n) is 7.75. The summed E-state index contributed by atoms with van der Waals surface area (Å²) in [6.45, 7) is 2.07. The van der Waals surface area contributed by atoms with Gasteiger partial charge in [0.1, 0.15) is 0 Å². The maximum absolute atomic E-state index is 11.7.